The molecule has 0 radical (unpaired) electrons. The molecule has 36 heavy (non-hydrogen) atoms. The van der Waals surface area contributed by atoms with E-state index in [0.29, 0.717) is 6.54 Å². The Labute approximate surface area is 214 Å². The Morgan fingerprint density at radius 2 is 1.39 bits per heavy atom. The minimum atomic E-state index is -2.33. The van der Waals surface area contributed by atoms with Crippen molar-refractivity contribution in [3.63, 3.8) is 0 Å². The molecule has 4 aromatic rings. The van der Waals surface area contributed by atoms with Gasteiger partial charge in [-0.1, -0.05) is 29.8 Å². The van der Waals surface area contributed by atoms with Gasteiger partial charge in [0.2, 0.25) is 41.2 Å². The number of hydrogen-bond donors (Lipinski definition) is 0. The fourth-order valence-corrected chi connectivity index (χ4v) is 3.98. The van der Waals surface area contributed by atoms with Gasteiger partial charge in [-0.3, -0.25) is 0 Å². The van der Waals surface area contributed by atoms with Crippen LogP contribution in [-0.4, -0.2) is 10.5 Å². The van der Waals surface area contributed by atoms with Crippen LogP contribution in [-0.2, 0) is 6.54 Å². The number of hydrogen-bond acceptors (Lipinski definition) is 2. The van der Waals surface area contributed by atoms with E-state index >= 15 is 0 Å². The highest BCUT2D eigenvalue weighted by Gasteiger charge is 2.29. The van der Waals surface area contributed by atoms with Crippen LogP contribution in [0.2, 0.25) is 0 Å². The molecular formula is C26H20BrF5N2O2. The summed E-state index contributed by atoms with van der Waals surface area (Å²) in [6.45, 7) is 6.60. The first-order valence-electron chi connectivity index (χ1n) is 10.5. The van der Waals surface area contributed by atoms with Crippen LogP contribution in [0.1, 0.15) is 32.6 Å². The van der Waals surface area contributed by atoms with Gasteiger partial charge in [-0.15, -0.1) is 0 Å². The molecule has 10 heteroatoms. The van der Waals surface area contributed by atoms with Crippen molar-refractivity contribution in [2.24, 2.45) is 0 Å². The lowest BCUT2D eigenvalue weighted by atomic mass is 10.1. The molecule has 0 saturated carbocycles. The molecule has 0 N–H and O–H groups in total. The minimum absolute atomic E-state index is 0. The van der Waals surface area contributed by atoms with Gasteiger partial charge in [0.25, 0.3) is 0 Å². The van der Waals surface area contributed by atoms with Crippen molar-refractivity contribution in [1.82, 2.24) is 4.57 Å². The van der Waals surface area contributed by atoms with Crippen LogP contribution in [0.3, 0.4) is 0 Å². The van der Waals surface area contributed by atoms with Gasteiger partial charge in [0.1, 0.15) is 24.6 Å². The summed E-state index contributed by atoms with van der Waals surface area (Å²) < 4.78 is 75.8. The van der Waals surface area contributed by atoms with Crippen LogP contribution in [0.5, 0.6) is 5.75 Å². The first kappa shape index (κ1) is 27.1. The van der Waals surface area contributed by atoms with E-state index in [-0.39, 0.29) is 22.5 Å². The number of halogens is 6. The number of nitrogens with zero attached hydrogens (tertiary/aromatic N) is 2. The van der Waals surface area contributed by atoms with E-state index in [2.05, 4.69) is 16.9 Å². The molecule has 0 aliphatic heterocycles. The monoisotopic (exact) mass is 566 g/mol. The van der Waals surface area contributed by atoms with Crippen LogP contribution in [0, 0.1) is 49.9 Å². The van der Waals surface area contributed by atoms with E-state index in [1.807, 2.05) is 48.6 Å². The average molecular weight is 567 g/mol. The lowest BCUT2D eigenvalue weighted by molar-refractivity contribution is -0.596. The van der Waals surface area contributed by atoms with Crippen LogP contribution in [0.15, 0.2) is 55.1 Å². The second-order valence-electron chi connectivity index (χ2n) is 8.23. The Morgan fingerprint density at radius 1 is 0.861 bits per heavy atom. The second kappa shape index (κ2) is 10.6. The van der Waals surface area contributed by atoms with E-state index in [9.17, 15) is 26.7 Å². The Bertz CT molecular complexity index is 1400. The largest absolute Gasteiger partial charge is 1.00 e. The number of ether oxygens (including phenoxy) is 1. The molecule has 0 unspecified atom stereocenters. The molecule has 3 aromatic carbocycles. The molecular weight excluding hydrogens is 547 g/mol. The van der Waals surface area contributed by atoms with E-state index in [0.717, 1.165) is 22.4 Å². The molecule has 188 valence electrons. The summed E-state index contributed by atoms with van der Waals surface area (Å²) in [5.41, 5.74) is 5.23. The number of aromatic nitrogens is 2. The molecule has 0 spiro atoms. The molecule has 1 heterocycles. The van der Waals surface area contributed by atoms with Gasteiger partial charge in [0.15, 0.2) is 0 Å². The quantitative estimate of drug-likeness (QED) is 0.0930. The van der Waals surface area contributed by atoms with Crippen LogP contribution < -0.4 is 26.3 Å². The van der Waals surface area contributed by atoms with Crippen LogP contribution >= 0.6 is 0 Å². The molecule has 1 aromatic heterocycles. The Hall–Kier alpha value is -3.53. The zero-order chi connectivity index (χ0) is 25.4. The molecule has 0 aliphatic carbocycles. The minimum Gasteiger partial charge on any atom is -1.00 e. The summed E-state index contributed by atoms with van der Waals surface area (Å²) in [4.78, 5) is 12.2. The highest BCUT2D eigenvalue weighted by molar-refractivity contribution is 5.91. The summed E-state index contributed by atoms with van der Waals surface area (Å²) in [6, 6.07) is 10.1. The number of esters is 1. The van der Waals surface area contributed by atoms with E-state index in [1.54, 1.807) is 12.1 Å². The van der Waals surface area contributed by atoms with Crippen molar-refractivity contribution in [3.8, 4) is 11.4 Å². The topological polar surface area (TPSA) is 35.1 Å². The summed E-state index contributed by atoms with van der Waals surface area (Å²) >= 11 is 0. The third kappa shape index (κ3) is 5.18. The lowest BCUT2D eigenvalue weighted by Crippen LogP contribution is -3.00. The number of carbonyl (C=O) groups excluding carboxylic acids is 1. The second-order valence-corrected chi connectivity index (χ2v) is 8.23. The van der Waals surface area contributed by atoms with Crippen molar-refractivity contribution in [3.05, 3.63) is 112 Å². The van der Waals surface area contributed by atoms with Gasteiger partial charge in [-0.25, -0.2) is 27.1 Å². The van der Waals surface area contributed by atoms with Crippen LogP contribution in [0.25, 0.3) is 5.69 Å². The van der Waals surface area contributed by atoms with E-state index < -0.39 is 40.8 Å². The fourth-order valence-electron chi connectivity index (χ4n) is 3.98. The summed E-state index contributed by atoms with van der Waals surface area (Å²) in [5.74, 6) is -14.1. The fraction of sp³-hybridized carbons (Fsp3) is 0.154. The van der Waals surface area contributed by atoms with Gasteiger partial charge in [0.05, 0.1) is 5.56 Å². The number of carbonyl (C=O) groups is 1. The first-order chi connectivity index (χ1) is 16.6. The maximum atomic E-state index is 13.8. The summed E-state index contributed by atoms with van der Waals surface area (Å²) in [5, 5.41) is 0. The third-order valence-electron chi connectivity index (χ3n) is 5.50. The molecule has 0 saturated heterocycles. The Kier molecular flexibility index (Phi) is 7.98. The molecule has 0 amide bonds. The lowest BCUT2D eigenvalue weighted by Gasteiger charge is -2.09. The average Bonchev–Trinajstić information content (AvgIpc) is 3.26. The number of benzene rings is 3. The molecule has 0 fully saturated rings. The molecule has 0 atom stereocenters. The molecule has 0 bridgehead atoms. The van der Waals surface area contributed by atoms with Crippen molar-refractivity contribution in [1.29, 1.82) is 0 Å². The maximum Gasteiger partial charge on any atom is 0.343 e. The van der Waals surface area contributed by atoms with Gasteiger partial charge in [-0.2, -0.15) is 8.78 Å². The smallest absolute Gasteiger partial charge is 0.343 e. The SMILES string of the molecule is Cc1cc(C)c(-[n+]2ccn(Cc3ccc(C(=O)Oc4c(F)c(F)c(F)c(F)c4F)cc3)c2)c(C)c1.[Br-]. The number of imidazole rings is 1. The maximum absolute atomic E-state index is 13.8. The Morgan fingerprint density at radius 3 is 1.94 bits per heavy atom. The van der Waals surface area contributed by atoms with Crippen molar-refractivity contribution < 1.29 is 53.0 Å². The predicted octanol–water partition coefficient (Wildman–Crippen LogP) is 2.66. The van der Waals surface area contributed by atoms with Crippen molar-refractivity contribution >= 4 is 5.97 Å². The molecule has 0 aliphatic rings. The molecule has 4 nitrogen and oxygen atoms in total. The highest BCUT2D eigenvalue weighted by Crippen LogP contribution is 2.29. The summed E-state index contributed by atoms with van der Waals surface area (Å²) in [7, 11) is 0. The van der Waals surface area contributed by atoms with E-state index in [1.165, 1.54) is 17.7 Å². The summed E-state index contributed by atoms with van der Waals surface area (Å²) in [6.07, 6.45) is 5.75. The van der Waals surface area contributed by atoms with Crippen LogP contribution in [0.4, 0.5) is 22.0 Å². The van der Waals surface area contributed by atoms with E-state index in [4.69, 9.17) is 0 Å². The predicted molar refractivity (Wildman–Crippen MR) is 117 cm³/mol. The highest BCUT2D eigenvalue weighted by atomic mass is 79.9. The number of rotatable bonds is 5. The number of aryl methyl sites for hydroxylation is 3. The first-order valence-corrected chi connectivity index (χ1v) is 10.5. The van der Waals surface area contributed by atoms with Gasteiger partial charge >= 0.3 is 5.97 Å². The van der Waals surface area contributed by atoms with Gasteiger partial charge < -0.3 is 21.7 Å². The standard InChI is InChI=1S/C26H20F5N2O2.BrH/c1-14-10-15(2)24(16(3)11-14)33-9-8-32(13-33)12-17-4-6-18(7-5-17)26(34)35-25-22(30)20(28)19(27)21(29)23(25)31;/h4-11,13H,12H2,1-3H3;1H/q+1;/p-1. The third-order valence-corrected chi connectivity index (χ3v) is 5.50. The normalized spacial score (nSPS) is 10.8. The van der Waals surface area contributed by atoms with Gasteiger partial charge in [0, 0.05) is 0 Å². The van der Waals surface area contributed by atoms with Crippen molar-refractivity contribution in [2.75, 3.05) is 0 Å². The van der Waals surface area contributed by atoms with Crippen molar-refractivity contribution in [2.45, 2.75) is 27.3 Å². The molecule has 4 rings (SSSR count). The zero-order valence-electron chi connectivity index (χ0n) is 19.4. The zero-order valence-corrected chi connectivity index (χ0v) is 21.0. The van der Waals surface area contributed by atoms with Gasteiger partial charge in [-0.05, 0) is 49.6 Å². The Balaban J connectivity index is 0.00000361.